The van der Waals surface area contributed by atoms with Gasteiger partial charge in [-0.3, -0.25) is 14.9 Å². The number of hydrogen-bond donors (Lipinski definition) is 1. The van der Waals surface area contributed by atoms with Crippen LogP contribution in [0.25, 0.3) is 22.3 Å². The highest BCUT2D eigenvalue weighted by Gasteiger charge is 2.19. The van der Waals surface area contributed by atoms with Crippen molar-refractivity contribution in [1.82, 2.24) is 10.2 Å². The summed E-state index contributed by atoms with van der Waals surface area (Å²) in [6, 6.07) is 18.5. The molecule has 33 heavy (non-hydrogen) atoms. The minimum absolute atomic E-state index is 0.159. The van der Waals surface area contributed by atoms with Crippen LogP contribution in [0, 0.1) is 6.92 Å². The number of anilines is 1. The monoisotopic (exact) mass is 491 g/mol. The van der Waals surface area contributed by atoms with Crippen LogP contribution in [0.4, 0.5) is 5.13 Å². The second-order valence-electron chi connectivity index (χ2n) is 7.13. The van der Waals surface area contributed by atoms with Crippen LogP contribution < -0.4 is 10.7 Å². The Morgan fingerprint density at radius 2 is 1.91 bits per heavy atom. The van der Waals surface area contributed by atoms with Crippen molar-refractivity contribution in [3.8, 4) is 11.3 Å². The van der Waals surface area contributed by atoms with Crippen LogP contribution in [0.1, 0.15) is 20.8 Å². The molecule has 0 bridgehead atoms. The summed E-state index contributed by atoms with van der Waals surface area (Å²) in [5, 5.41) is 13.8. The molecular formula is C24H17N3O3S3. The first-order chi connectivity index (χ1) is 16.1. The highest BCUT2D eigenvalue weighted by Crippen LogP contribution is 2.31. The SMILES string of the molecule is Cc1c(-c2ccccc2)oc2c(C(=O)Nc3nnc(SCc4cccs4)s3)cccc2c1=O. The highest BCUT2D eigenvalue weighted by atomic mass is 32.2. The van der Waals surface area contributed by atoms with Crippen molar-refractivity contribution in [3.63, 3.8) is 0 Å². The molecule has 0 saturated carbocycles. The summed E-state index contributed by atoms with van der Waals surface area (Å²) in [5.41, 5.74) is 1.64. The largest absolute Gasteiger partial charge is 0.455 e. The molecule has 0 radical (unpaired) electrons. The predicted octanol–water partition coefficient (Wildman–Crippen LogP) is 6.23. The third-order valence-electron chi connectivity index (χ3n) is 4.97. The Morgan fingerprint density at radius 1 is 1.06 bits per heavy atom. The van der Waals surface area contributed by atoms with Crippen molar-refractivity contribution in [2.24, 2.45) is 0 Å². The molecule has 3 heterocycles. The number of aromatic nitrogens is 2. The van der Waals surface area contributed by atoms with E-state index in [0.29, 0.717) is 21.8 Å². The van der Waals surface area contributed by atoms with E-state index in [1.54, 1.807) is 48.2 Å². The van der Waals surface area contributed by atoms with Gasteiger partial charge < -0.3 is 4.42 Å². The second kappa shape index (κ2) is 9.30. The molecule has 0 aliphatic rings. The Kier molecular flexibility index (Phi) is 6.08. The molecule has 9 heteroatoms. The van der Waals surface area contributed by atoms with E-state index in [0.717, 1.165) is 15.7 Å². The number of hydrogen-bond acceptors (Lipinski definition) is 8. The lowest BCUT2D eigenvalue weighted by atomic mass is 10.0. The number of carbonyl (C=O) groups is 1. The molecule has 0 aliphatic carbocycles. The van der Waals surface area contributed by atoms with Crippen molar-refractivity contribution in [1.29, 1.82) is 0 Å². The zero-order chi connectivity index (χ0) is 22.8. The first-order valence-electron chi connectivity index (χ1n) is 10.0. The van der Waals surface area contributed by atoms with Crippen molar-refractivity contribution >= 4 is 56.4 Å². The fraction of sp³-hybridized carbons (Fsp3) is 0.0833. The van der Waals surface area contributed by atoms with Gasteiger partial charge in [-0.25, -0.2) is 0 Å². The van der Waals surface area contributed by atoms with E-state index in [2.05, 4.69) is 21.6 Å². The molecule has 3 aromatic heterocycles. The van der Waals surface area contributed by atoms with E-state index >= 15 is 0 Å². The molecule has 0 unspecified atom stereocenters. The summed E-state index contributed by atoms with van der Waals surface area (Å²) < 4.78 is 6.91. The Balaban J connectivity index is 1.44. The first kappa shape index (κ1) is 21.6. The summed E-state index contributed by atoms with van der Waals surface area (Å²) in [6.45, 7) is 1.73. The topological polar surface area (TPSA) is 85.1 Å². The van der Waals surface area contributed by atoms with Crippen molar-refractivity contribution < 1.29 is 9.21 Å². The molecule has 2 aromatic carbocycles. The van der Waals surface area contributed by atoms with Crippen LogP contribution in [-0.4, -0.2) is 16.1 Å². The number of nitrogens with zero attached hydrogens (tertiary/aromatic N) is 2. The summed E-state index contributed by atoms with van der Waals surface area (Å²) >= 11 is 4.57. The van der Waals surface area contributed by atoms with Gasteiger partial charge >= 0.3 is 0 Å². The number of fused-ring (bicyclic) bond motifs is 1. The lowest BCUT2D eigenvalue weighted by Gasteiger charge is -2.10. The number of amides is 1. The van der Waals surface area contributed by atoms with E-state index in [9.17, 15) is 9.59 Å². The van der Waals surface area contributed by atoms with Gasteiger partial charge in [-0.2, -0.15) is 0 Å². The molecule has 164 valence electrons. The van der Waals surface area contributed by atoms with E-state index < -0.39 is 5.91 Å². The first-order valence-corrected chi connectivity index (χ1v) is 12.7. The Morgan fingerprint density at radius 3 is 2.70 bits per heavy atom. The standard InChI is InChI=1S/C24H17N3O3S3/c1-14-19(28)17-10-5-11-18(21(17)30-20(14)15-7-3-2-4-8-15)22(29)25-23-26-27-24(33-23)32-13-16-9-6-12-31-16/h2-12H,13H2,1H3,(H,25,26,29). The van der Waals surface area contributed by atoms with Gasteiger partial charge in [-0.1, -0.05) is 65.6 Å². The Labute approximate surface area is 201 Å². The summed E-state index contributed by atoms with van der Waals surface area (Å²) in [5.74, 6) is 0.852. The van der Waals surface area contributed by atoms with Crippen molar-refractivity contribution in [2.75, 3.05) is 5.32 Å². The zero-order valence-corrected chi connectivity index (χ0v) is 19.9. The highest BCUT2D eigenvalue weighted by molar-refractivity contribution is 8.00. The molecule has 1 N–H and O–H groups in total. The fourth-order valence-electron chi connectivity index (χ4n) is 3.36. The average Bonchev–Trinajstić information content (AvgIpc) is 3.52. The third kappa shape index (κ3) is 4.47. The molecule has 0 atom stereocenters. The number of para-hydroxylation sites is 1. The summed E-state index contributed by atoms with van der Waals surface area (Å²) in [7, 11) is 0. The zero-order valence-electron chi connectivity index (χ0n) is 17.4. The van der Waals surface area contributed by atoms with E-state index in [1.807, 2.05) is 41.8 Å². The molecular weight excluding hydrogens is 474 g/mol. The van der Waals surface area contributed by atoms with Gasteiger partial charge in [-0.15, -0.1) is 21.5 Å². The normalized spacial score (nSPS) is 11.1. The smallest absolute Gasteiger partial charge is 0.261 e. The van der Waals surface area contributed by atoms with Gasteiger partial charge in [0.1, 0.15) is 5.76 Å². The number of thioether (sulfide) groups is 1. The van der Waals surface area contributed by atoms with Gasteiger partial charge in [0.15, 0.2) is 15.4 Å². The Bertz CT molecular complexity index is 1490. The Hall–Kier alpha value is -3.27. The van der Waals surface area contributed by atoms with Gasteiger partial charge in [0.25, 0.3) is 5.91 Å². The number of thiophene rings is 1. The molecule has 0 aliphatic heterocycles. The van der Waals surface area contributed by atoms with Gasteiger partial charge in [0, 0.05) is 21.8 Å². The molecule has 1 amide bonds. The lowest BCUT2D eigenvalue weighted by Crippen LogP contribution is -2.14. The van der Waals surface area contributed by atoms with Crippen molar-refractivity contribution in [3.05, 3.63) is 92.3 Å². The summed E-state index contributed by atoms with van der Waals surface area (Å²) in [6.07, 6.45) is 0. The number of nitrogens with one attached hydrogen (secondary N) is 1. The number of benzene rings is 2. The van der Waals surface area contributed by atoms with Crippen LogP contribution >= 0.6 is 34.4 Å². The maximum absolute atomic E-state index is 13.1. The minimum Gasteiger partial charge on any atom is -0.455 e. The molecule has 0 fully saturated rings. The molecule has 5 aromatic rings. The molecule has 6 nitrogen and oxygen atoms in total. The number of carbonyl (C=O) groups excluding carboxylic acids is 1. The van der Waals surface area contributed by atoms with E-state index in [1.165, 1.54) is 16.2 Å². The fourth-order valence-corrected chi connectivity index (χ4v) is 5.88. The van der Waals surface area contributed by atoms with Crippen LogP contribution in [0.2, 0.25) is 0 Å². The van der Waals surface area contributed by atoms with E-state index in [-0.39, 0.29) is 16.6 Å². The number of rotatable bonds is 6. The molecule has 5 rings (SSSR count). The van der Waals surface area contributed by atoms with Crippen LogP contribution in [0.5, 0.6) is 0 Å². The quantitative estimate of drug-likeness (QED) is 0.224. The second-order valence-corrected chi connectivity index (χ2v) is 10.4. The molecule has 0 spiro atoms. The summed E-state index contributed by atoms with van der Waals surface area (Å²) in [4.78, 5) is 27.3. The van der Waals surface area contributed by atoms with Crippen LogP contribution in [0.3, 0.4) is 0 Å². The predicted molar refractivity (Wildman–Crippen MR) is 134 cm³/mol. The van der Waals surface area contributed by atoms with Gasteiger partial charge in [0.05, 0.1) is 10.9 Å². The lowest BCUT2D eigenvalue weighted by molar-refractivity contribution is 0.102. The maximum atomic E-state index is 13.1. The maximum Gasteiger partial charge on any atom is 0.261 e. The van der Waals surface area contributed by atoms with Crippen LogP contribution in [0.15, 0.2) is 79.6 Å². The van der Waals surface area contributed by atoms with Crippen molar-refractivity contribution in [2.45, 2.75) is 17.0 Å². The third-order valence-corrected chi connectivity index (χ3v) is 8.05. The van der Waals surface area contributed by atoms with Gasteiger partial charge in [0.2, 0.25) is 5.13 Å². The van der Waals surface area contributed by atoms with E-state index in [4.69, 9.17) is 4.42 Å². The average molecular weight is 492 g/mol. The van der Waals surface area contributed by atoms with Crippen LogP contribution in [-0.2, 0) is 5.75 Å². The van der Waals surface area contributed by atoms with Gasteiger partial charge in [-0.05, 0) is 30.5 Å². The minimum atomic E-state index is -0.405. The molecule has 0 saturated heterocycles.